The van der Waals surface area contributed by atoms with Gasteiger partial charge >= 0.3 is 0 Å². The molecule has 1 fully saturated rings. The summed E-state index contributed by atoms with van der Waals surface area (Å²) in [6.07, 6.45) is 2.52. The van der Waals surface area contributed by atoms with E-state index < -0.39 is 10.0 Å². The van der Waals surface area contributed by atoms with Crippen LogP contribution in [0.1, 0.15) is 18.4 Å². The maximum absolute atomic E-state index is 12.6. The Bertz CT molecular complexity index is 1240. The molecule has 8 nitrogen and oxygen atoms in total. The van der Waals surface area contributed by atoms with E-state index in [1.165, 1.54) is 0 Å². The predicted octanol–water partition coefficient (Wildman–Crippen LogP) is 2.78. The number of methoxy groups -OCH3 is 2. The Balaban J connectivity index is 1.62. The van der Waals surface area contributed by atoms with E-state index >= 15 is 0 Å². The zero-order chi connectivity index (χ0) is 20.9. The Hall–Kier alpha value is -2.91. The van der Waals surface area contributed by atoms with Gasteiger partial charge in [-0.2, -0.15) is 0 Å². The van der Waals surface area contributed by atoms with E-state index in [9.17, 15) is 8.42 Å². The number of rotatable bonds is 6. The lowest BCUT2D eigenvalue weighted by atomic mass is 10.1. The highest BCUT2D eigenvalue weighted by atomic mass is 32.2. The van der Waals surface area contributed by atoms with Crippen LogP contribution in [0.4, 0.5) is 11.4 Å². The van der Waals surface area contributed by atoms with E-state index in [0.29, 0.717) is 35.0 Å². The van der Waals surface area contributed by atoms with Crippen LogP contribution in [-0.2, 0) is 16.4 Å². The molecular formula is C21H22N4O4S. The van der Waals surface area contributed by atoms with Crippen LogP contribution in [0.25, 0.3) is 10.9 Å². The molecule has 0 saturated heterocycles. The van der Waals surface area contributed by atoms with Gasteiger partial charge in [0.15, 0.2) is 0 Å². The minimum atomic E-state index is -3.49. The number of hydrogen-bond acceptors (Lipinski definition) is 7. The molecule has 9 heteroatoms. The molecule has 0 amide bonds. The van der Waals surface area contributed by atoms with Crippen molar-refractivity contribution in [2.75, 3.05) is 25.7 Å². The molecule has 2 heterocycles. The predicted molar refractivity (Wildman–Crippen MR) is 113 cm³/mol. The minimum Gasteiger partial charge on any atom is -0.496 e. The molecule has 1 aliphatic heterocycles. The lowest BCUT2D eigenvalue weighted by molar-refractivity contribution is 0.393. The zero-order valence-corrected chi connectivity index (χ0v) is 17.6. The molecule has 2 aromatic carbocycles. The molecule has 0 unspecified atom stereocenters. The average molecular weight is 426 g/mol. The first-order valence-electron chi connectivity index (χ1n) is 9.82. The van der Waals surface area contributed by atoms with Crippen molar-refractivity contribution in [3.63, 3.8) is 0 Å². The fourth-order valence-corrected chi connectivity index (χ4v) is 5.27. The van der Waals surface area contributed by atoms with Crippen molar-refractivity contribution >= 4 is 32.3 Å². The van der Waals surface area contributed by atoms with Gasteiger partial charge in [-0.25, -0.2) is 13.1 Å². The molecule has 5 rings (SSSR count). The molecule has 0 bridgehead atoms. The van der Waals surface area contributed by atoms with Crippen molar-refractivity contribution in [1.82, 2.24) is 14.9 Å². The van der Waals surface area contributed by atoms with Gasteiger partial charge in [0.25, 0.3) is 5.88 Å². The van der Waals surface area contributed by atoms with Crippen molar-refractivity contribution in [1.29, 1.82) is 0 Å². The van der Waals surface area contributed by atoms with Gasteiger partial charge < -0.3 is 14.4 Å². The second-order valence-corrected chi connectivity index (χ2v) is 9.21. The molecule has 1 saturated carbocycles. The smallest absolute Gasteiger partial charge is 0.258 e. The van der Waals surface area contributed by atoms with Crippen molar-refractivity contribution in [3.8, 4) is 11.6 Å². The van der Waals surface area contributed by atoms with Crippen LogP contribution >= 0.6 is 0 Å². The number of aromatic nitrogens is 2. The zero-order valence-electron chi connectivity index (χ0n) is 16.8. The van der Waals surface area contributed by atoms with Crippen molar-refractivity contribution in [2.24, 2.45) is 0 Å². The summed E-state index contributed by atoms with van der Waals surface area (Å²) in [5.41, 5.74) is 3.37. The van der Waals surface area contributed by atoms with E-state index in [0.717, 1.165) is 35.2 Å². The van der Waals surface area contributed by atoms with Crippen LogP contribution in [0.3, 0.4) is 0 Å². The summed E-state index contributed by atoms with van der Waals surface area (Å²) in [5.74, 6) is 1.07. The van der Waals surface area contributed by atoms with Crippen LogP contribution in [-0.4, -0.2) is 45.4 Å². The average Bonchev–Trinajstić information content (AvgIpc) is 3.46. The standard InChI is InChI=1S/C21H22N4O4S/c1-28-18-5-3-4-16-19(18)20(21(29-2)23-22-16)25-11-10-13-12-15(8-9-17(13)25)30(26,27)24-14-6-7-14/h3-5,8-9,12,14,24H,6-7,10-11H2,1-2H3. The molecule has 156 valence electrons. The minimum absolute atomic E-state index is 0.0748. The lowest BCUT2D eigenvalue weighted by Crippen LogP contribution is -2.25. The number of benzene rings is 2. The summed E-state index contributed by atoms with van der Waals surface area (Å²) >= 11 is 0. The molecule has 30 heavy (non-hydrogen) atoms. The van der Waals surface area contributed by atoms with Gasteiger partial charge in [-0.3, -0.25) is 0 Å². The highest BCUT2D eigenvalue weighted by Gasteiger charge is 2.31. The highest BCUT2D eigenvalue weighted by molar-refractivity contribution is 7.89. The summed E-state index contributed by atoms with van der Waals surface area (Å²) in [7, 11) is -0.316. The maximum Gasteiger partial charge on any atom is 0.258 e. The van der Waals surface area contributed by atoms with Gasteiger partial charge in [-0.1, -0.05) is 6.07 Å². The SMILES string of the molecule is COc1nnc2cccc(OC)c2c1N1CCc2cc(S(=O)(=O)NC3CC3)ccc21. The van der Waals surface area contributed by atoms with Gasteiger partial charge in [0, 0.05) is 18.3 Å². The number of nitrogens with zero attached hydrogens (tertiary/aromatic N) is 3. The number of anilines is 2. The summed E-state index contributed by atoms with van der Waals surface area (Å²) in [4.78, 5) is 2.40. The summed E-state index contributed by atoms with van der Waals surface area (Å²) < 4.78 is 39.1. The molecule has 3 aromatic rings. The highest BCUT2D eigenvalue weighted by Crippen LogP contribution is 2.45. The van der Waals surface area contributed by atoms with Crippen molar-refractivity contribution < 1.29 is 17.9 Å². The number of fused-ring (bicyclic) bond motifs is 2. The molecule has 1 N–H and O–H groups in total. The van der Waals surface area contributed by atoms with Gasteiger partial charge in [-0.05, 0) is 55.2 Å². The quantitative estimate of drug-likeness (QED) is 0.648. The third-order valence-corrected chi connectivity index (χ3v) is 7.05. The summed E-state index contributed by atoms with van der Waals surface area (Å²) in [5, 5.41) is 9.31. The molecule has 1 aliphatic carbocycles. The normalized spacial score (nSPS) is 16.0. The first-order chi connectivity index (χ1) is 14.5. The monoisotopic (exact) mass is 426 g/mol. The van der Waals surface area contributed by atoms with Gasteiger partial charge in [0.05, 0.1) is 30.0 Å². The van der Waals surface area contributed by atoms with Crippen LogP contribution < -0.4 is 19.1 Å². The third kappa shape index (κ3) is 3.14. The number of nitrogens with one attached hydrogen (secondary N) is 1. The largest absolute Gasteiger partial charge is 0.496 e. The Morgan fingerprint density at radius 1 is 1.10 bits per heavy atom. The number of ether oxygens (including phenoxy) is 2. The Morgan fingerprint density at radius 2 is 1.93 bits per heavy atom. The Kier molecular flexibility index (Phi) is 4.52. The third-order valence-electron chi connectivity index (χ3n) is 5.53. The van der Waals surface area contributed by atoms with Crippen molar-refractivity contribution in [3.05, 3.63) is 42.0 Å². The van der Waals surface area contributed by atoms with E-state index in [1.54, 1.807) is 26.4 Å². The lowest BCUT2D eigenvalue weighted by Gasteiger charge is -2.23. The summed E-state index contributed by atoms with van der Waals surface area (Å²) in [6, 6.07) is 11.0. The van der Waals surface area contributed by atoms with Crippen LogP contribution in [0.2, 0.25) is 0 Å². The van der Waals surface area contributed by atoms with Gasteiger partial charge in [0.1, 0.15) is 11.4 Å². The van der Waals surface area contributed by atoms with Crippen LogP contribution in [0, 0.1) is 0 Å². The molecule has 1 aromatic heterocycles. The summed E-state index contributed by atoms with van der Waals surface area (Å²) in [6.45, 7) is 0.671. The van der Waals surface area contributed by atoms with Crippen LogP contribution in [0.5, 0.6) is 11.6 Å². The molecule has 2 aliphatic rings. The molecule has 0 atom stereocenters. The fraction of sp³-hybridized carbons (Fsp3) is 0.333. The molecular weight excluding hydrogens is 404 g/mol. The Morgan fingerprint density at radius 3 is 2.67 bits per heavy atom. The first-order valence-corrected chi connectivity index (χ1v) is 11.3. The van der Waals surface area contributed by atoms with E-state index in [-0.39, 0.29) is 6.04 Å². The van der Waals surface area contributed by atoms with Gasteiger partial charge in [0.2, 0.25) is 10.0 Å². The maximum atomic E-state index is 12.6. The van der Waals surface area contributed by atoms with E-state index in [1.807, 2.05) is 24.3 Å². The first kappa shape index (κ1) is 19.1. The van der Waals surface area contributed by atoms with Crippen LogP contribution in [0.15, 0.2) is 41.3 Å². The van der Waals surface area contributed by atoms with E-state index in [2.05, 4.69) is 19.8 Å². The Labute approximate surface area is 174 Å². The molecule has 0 radical (unpaired) electrons. The van der Waals surface area contributed by atoms with Crippen molar-refractivity contribution in [2.45, 2.75) is 30.2 Å². The topological polar surface area (TPSA) is 93.7 Å². The number of sulfonamides is 1. The van der Waals surface area contributed by atoms with E-state index in [4.69, 9.17) is 9.47 Å². The number of hydrogen-bond donors (Lipinski definition) is 1. The van der Waals surface area contributed by atoms with Gasteiger partial charge in [-0.15, -0.1) is 10.2 Å². The fourth-order valence-electron chi connectivity index (χ4n) is 3.92. The second kappa shape index (κ2) is 7.10. The second-order valence-electron chi connectivity index (χ2n) is 7.50. The molecule has 0 spiro atoms.